The van der Waals surface area contributed by atoms with Crippen LogP contribution in [0.5, 0.6) is 0 Å². The largest absolute Gasteiger partial charge is 0.432 e. The lowest BCUT2D eigenvalue weighted by Gasteiger charge is -2.19. The average molecular weight is 288 g/mol. The Hall–Kier alpha value is -1.88. The smallest absolute Gasteiger partial charge is 0.297 e. The third kappa shape index (κ3) is 4.86. The van der Waals surface area contributed by atoms with E-state index in [0.29, 0.717) is 12.6 Å². The number of oxazole rings is 1. The topological polar surface area (TPSA) is 54.2 Å². The Morgan fingerprint density at radius 1 is 1.24 bits per heavy atom. The molecule has 1 N–H and O–H groups in total. The van der Waals surface area contributed by atoms with Gasteiger partial charge in [0.15, 0.2) is 0 Å². The van der Waals surface area contributed by atoms with E-state index in [1.807, 2.05) is 12.1 Å². The summed E-state index contributed by atoms with van der Waals surface area (Å²) in [4.78, 5) is 10.7. The first kappa shape index (κ1) is 15.5. The monoisotopic (exact) mass is 288 g/mol. The summed E-state index contributed by atoms with van der Waals surface area (Å²) < 4.78 is 5.61. The quantitative estimate of drug-likeness (QED) is 0.885. The summed E-state index contributed by atoms with van der Waals surface area (Å²) in [6, 6.07) is 4.68. The minimum Gasteiger partial charge on any atom is -0.432 e. The average Bonchev–Trinajstić information content (AvgIpc) is 2.92. The number of hydrogen-bond donors (Lipinski definition) is 1. The fourth-order valence-electron chi connectivity index (χ4n) is 1.90. The van der Waals surface area contributed by atoms with E-state index in [4.69, 9.17) is 4.42 Å². The molecule has 0 aliphatic heterocycles. The van der Waals surface area contributed by atoms with Gasteiger partial charge in [0, 0.05) is 37.6 Å². The van der Waals surface area contributed by atoms with Gasteiger partial charge in [-0.25, -0.2) is 0 Å². The van der Waals surface area contributed by atoms with Gasteiger partial charge in [0.05, 0.1) is 5.69 Å². The van der Waals surface area contributed by atoms with Crippen LogP contribution in [0.1, 0.15) is 39.0 Å². The highest BCUT2D eigenvalue weighted by atomic mass is 16.4. The van der Waals surface area contributed by atoms with Crippen LogP contribution >= 0.6 is 0 Å². The van der Waals surface area contributed by atoms with Gasteiger partial charge in [-0.15, -0.1) is 0 Å². The van der Waals surface area contributed by atoms with E-state index >= 15 is 0 Å². The van der Waals surface area contributed by atoms with Gasteiger partial charge in [-0.05, 0) is 45.4 Å². The lowest BCUT2D eigenvalue weighted by atomic mass is 10.1. The van der Waals surface area contributed by atoms with Gasteiger partial charge in [0.25, 0.3) is 6.01 Å². The summed E-state index contributed by atoms with van der Waals surface area (Å²) in [5.41, 5.74) is 2.19. The maximum Gasteiger partial charge on any atom is 0.297 e. The zero-order valence-electron chi connectivity index (χ0n) is 13.3. The molecule has 0 aliphatic carbocycles. The molecule has 0 bridgehead atoms. The Kier molecular flexibility index (Phi) is 4.96. The molecule has 21 heavy (non-hydrogen) atoms. The van der Waals surface area contributed by atoms with Crippen LogP contribution < -0.4 is 10.2 Å². The molecule has 0 radical (unpaired) electrons. The summed E-state index contributed by atoms with van der Waals surface area (Å²) in [7, 11) is 0. The Morgan fingerprint density at radius 3 is 2.57 bits per heavy atom. The third-order valence-corrected chi connectivity index (χ3v) is 3.11. The molecule has 0 aliphatic rings. The molecule has 114 valence electrons. The molecular formula is C16H24N4O. The fourth-order valence-corrected chi connectivity index (χ4v) is 1.90. The number of hydrogen-bond acceptors (Lipinski definition) is 5. The van der Waals surface area contributed by atoms with Crippen molar-refractivity contribution in [2.24, 2.45) is 0 Å². The highest BCUT2D eigenvalue weighted by molar-refractivity contribution is 5.29. The van der Waals surface area contributed by atoms with Crippen molar-refractivity contribution in [3.63, 3.8) is 0 Å². The molecule has 5 heteroatoms. The number of nitrogens with one attached hydrogen (secondary N) is 1. The molecule has 2 aromatic rings. The van der Waals surface area contributed by atoms with Crippen LogP contribution in [0.3, 0.4) is 0 Å². The van der Waals surface area contributed by atoms with Gasteiger partial charge in [-0.2, -0.15) is 4.98 Å². The fraction of sp³-hybridized carbons (Fsp3) is 0.500. The first-order valence-corrected chi connectivity index (χ1v) is 7.31. The van der Waals surface area contributed by atoms with E-state index in [2.05, 4.69) is 47.9 Å². The zero-order valence-corrected chi connectivity index (χ0v) is 13.3. The number of aromatic nitrogens is 2. The second-order valence-electron chi connectivity index (χ2n) is 6.09. The van der Waals surface area contributed by atoms with E-state index in [0.717, 1.165) is 18.8 Å². The molecular weight excluding hydrogens is 264 g/mol. The zero-order chi connectivity index (χ0) is 15.3. The minimum absolute atomic E-state index is 0.0700. The molecule has 0 saturated heterocycles. The highest BCUT2D eigenvalue weighted by Crippen LogP contribution is 2.16. The molecule has 5 nitrogen and oxygen atoms in total. The normalized spacial score (nSPS) is 11.6. The van der Waals surface area contributed by atoms with Crippen molar-refractivity contribution in [1.82, 2.24) is 15.3 Å². The number of rotatable bonds is 6. The first-order chi connectivity index (χ1) is 9.98. The molecule has 0 atom stereocenters. The highest BCUT2D eigenvalue weighted by Gasteiger charge is 2.14. The summed E-state index contributed by atoms with van der Waals surface area (Å²) in [5, 5.41) is 3.41. The number of anilines is 1. The van der Waals surface area contributed by atoms with Crippen LogP contribution in [-0.2, 0) is 13.1 Å². The summed E-state index contributed by atoms with van der Waals surface area (Å²) in [6.07, 6.45) is 5.33. The van der Waals surface area contributed by atoms with Crippen molar-refractivity contribution < 1.29 is 4.42 Å². The molecule has 2 rings (SSSR count). The second-order valence-corrected chi connectivity index (χ2v) is 6.09. The van der Waals surface area contributed by atoms with Crippen molar-refractivity contribution >= 4 is 6.01 Å². The molecule has 0 unspecified atom stereocenters. The summed E-state index contributed by atoms with van der Waals surface area (Å²) >= 11 is 0. The van der Waals surface area contributed by atoms with E-state index in [1.165, 1.54) is 5.56 Å². The standard InChI is InChI=1S/C16H24N4O/c1-5-20(11-13-6-8-17-9-7-13)15-19-14(12-21-15)10-18-16(2,3)4/h6-9,12,18H,5,10-11H2,1-4H3. The Labute approximate surface area is 126 Å². The van der Waals surface area contributed by atoms with E-state index in [9.17, 15) is 0 Å². The maximum absolute atomic E-state index is 5.61. The minimum atomic E-state index is 0.0700. The van der Waals surface area contributed by atoms with Crippen molar-refractivity contribution in [3.8, 4) is 0 Å². The Morgan fingerprint density at radius 2 is 1.95 bits per heavy atom. The second kappa shape index (κ2) is 6.72. The Balaban J connectivity index is 2.01. The maximum atomic E-state index is 5.61. The number of nitrogens with zero attached hydrogens (tertiary/aromatic N) is 3. The van der Waals surface area contributed by atoms with Crippen LogP contribution in [0.2, 0.25) is 0 Å². The van der Waals surface area contributed by atoms with Crippen LogP contribution in [-0.4, -0.2) is 22.1 Å². The van der Waals surface area contributed by atoms with E-state index < -0.39 is 0 Å². The predicted molar refractivity (Wildman–Crippen MR) is 84.1 cm³/mol. The molecule has 2 heterocycles. The van der Waals surface area contributed by atoms with Gasteiger partial charge >= 0.3 is 0 Å². The number of pyridine rings is 1. The summed E-state index contributed by atoms with van der Waals surface area (Å²) in [6.45, 7) is 10.8. The van der Waals surface area contributed by atoms with Crippen molar-refractivity contribution in [2.75, 3.05) is 11.4 Å². The van der Waals surface area contributed by atoms with Crippen LogP contribution in [0.4, 0.5) is 6.01 Å². The summed E-state index contributed by atoms with van der Waals surface area (Å²) in [5.74, 6) is 0. The van der Waals surface area contributed by atoms with E-state index in [1.54, 1.807) is 18.7 Å². The van der Waals surface area contributed by atoms with Crippen molar-refractivity contribution in [2.45, 2.75) is 46.3 Å². The van der Waals surface area contributed by atoms with Gasteiger partial charge in [0.2, 0.25) is 0 Å². The third-order valence-electron chi connectivity index (χ3n) is 3.11. The van der Waals surface area contributed by atoms with Gasteiger partial charge < -0.3 is 14.6 Å². The SMILES string of the molecule is CCN(Cc1ccncc1)c1nc(CNC(C)(C)C)co1. The molecule has 2 aromatic heterocycles. The molecule has 0 saturated carbocycles. The van der Waals surface area contributed by atoms with Crippen LogP contribution in [0.15, 0.2) is 35.2 Å². The van der Waals surface area contributed by atoms with Gasteiger partial charge in [0.1, 0.15) is 6.26 Å². The predicted octanol–water partition coefficient (Wildman–Crippen LogP) is 2.98. The molecule has 0 amide bonds. The Bertz CT molecular complexity index is 545. The van der Waals surface area contributed by atoms with Crippen molar-refractivity contribution in [1.29, 1.82) is 0 Å². The van der Waals surface area contributed by atoms with Crippen LogP contribution in [0, 0.1) is 0 Å². The molecule has 0 aromatic carbocycles. The van der Waals surface area contributed by atoms with E-state index in [-0.39, 0.29) is 5.54 Å². The first-order valence-electron chi connectivity index (χ1n) is 7.31. The lowest BCUT2D eigenvalue weighted by Crippen LogP contribution is -2.35. The molecule has 0 fully saturated rings. The van der Waals surface area contributed by atoms with Gasteiger partial charge in [-0.3, -0.25) is 4.98 Å². The lowest BCUT2D eigenvalue weighted by molar-refractivity contribution is 0.421. The molecule has 0 spiro atoms. The van der Waals surface area contributed by atoms with Crippen molar-refractivity contribution in [3.05, 3.63) is 42.0 Å². The van der Waals surface area contributed by atoms with Crippen LogP contribution in [0.25, 0.3) is 0 Å². The van der Waals surface area contributed by atoms with Gasteiger partial charge in [-0.1, -0.05) is 0 Å².